The first-order valence-electron chi connectivity index (χ1n) is 7.14. The average Bonchev–Trinajstić information content (AvgIpc) is 2.43. The van der Waals surface area contributed by atoms with Crippen LogP contribution in [0.4, 0.5) is 10.5 Å². The van der Waals surface area contributed by atoms with Crippen LogP contribution >= 0.6 is 0 Å². The molecule has 0 atom stereocenters. The maximum Gasteiger partial charge on any atom is 0.414 e. The summed E-state index contributed by atoms with van der Waals surface area (Å²) in [6.07, 6.45) is 1.52. The van der Waals surface area contributed by atoms with Gasteiger partial charge in [0.15, 0.2) is 0 Å². The van der Waals surface area contributed by atoms with Crippen molar-refractivity contribution >= 4 is 17.5 Å². The van der Waals surface area contributed by atoms with E-state index in [1.165, 1.54) is 0 Å². The molecule has 1 aromatic rings. The van der Waals surface area contributed by atoms with Gasteiger partial charge in [-0.2, -0.15) is 0 Å². The molecule has 21 heavy (non-hydrogen) atoms. The van der Waals surface area contributed by atoms with Crippen molar-refractivity contribution in [2.24, 2.45) is 5.16 Å². The third-order valence-electron chi connectivity index (χ3n) is 3.39. The fraction of sp³-hybridized carbons (Fsp3) is 0.500. The zero-order chi connectivity index (χ0) is 15.6. The lowest BCUT2D eigenvalue weighted by Gasteiger charge is -2.32. The second kappa shape index (κ2) is 5.76. The van der Waals surface area contributed by atoms with E-state index in [0.29, 0.717) is 12.3 Å². The van der Waals surface area contributed by atoms with E-state index in [-0.39, 0.29) is 6.09 Å². The van der Waals surface area contributed by atoms with Crippen LogP contribution in [-0.2, 0) is 11.2 Å². The minimum absolute atomic E-state index is 0.334. The van der Waals surface area contributed by atoms with Gasteiger partial charge in [0.1, 0.15) is 5.60 Å². The van der Waals surface area contributed by atoms with Gasteiger partial charge in [0.2, 0.25) is 0 Å². The number of carbonyl (C=O) groups is 1. The normalized spacial score (nSPS) is 15.6. The summed E-state index contributed by atoms with van der Waals surface area (Å²) in [5.74, 6) is 0. The molecule has 0 saturated carbocycles. The molecule has 0 saturated heterocycles. The number of aryl methyl sites for hydroxylation is 1. The summed E-state index contributed by atoms with van der Waals surface area (Å²) in [5.41, 5.74) is 2.76. The smallest absolute Gasteiger partial charge is 0.414 e. The van der Waals surface area contributed by atoms with Gasteiger partial charge in [-0.1, -0.05) is 17.3 Å². The summed E-state index contributed by atoms with van der Waals surface area (Å²) < 4.78 is 5.47. The topological polar surface area (TPSA) is 62.1 Å². The number of nitrogens with zero attached hydrogens (tertiary/aromatic N) is 2. The standard InChI is InChI=1S/C16H22N2O3/c1-11(17-20)13-8-7-12-6-5-9-18(14(12)10-13)15(19)21-16(2,3)4/h7-8,10,20H,5-6,9H2,1-4H3/b17-11+. The molecule has 1 aliphatic rings. The number of rotatable bonds is 1. The van der Waals surface area contributed by atoms with Crippen molar-refractivity contribution in [2.45, 2.75) is 46.1 Å². The number of fused-ring (bicyclic) bond motifs is 1. The van der Waals surface area contributed by atoms with Crippen molar-refractivity contribution in [1.82, 2.24) is 0 Å². The van der Waals surface area contributed by atoms with Crippen LogP contribution in [0.15, 0.2) is 23.4 Å². The lowest BCUT2D eigenvalue weighted by Crippen LogP contribution is -2.39. The minimum Gasteiger partial charge on any atom is -0.443 e. The van der Waals surface area contributed by atoms with Crippen LogP contribution in [0.1, 0.15) is 45.2 Å². The van der Waals surface area contributed by atoms with Gasteiger partial charge in [0.05, 0.1) is 11.4 Å². The Labute approximate surface area is 125 Å². The molecule has 0 aromatic heterocycles. The Balaban J connectivity index is 2.35. The van der Waals surface area contributed by atoms with Gasteiger partial charge in [-0.3, -0.25) is 4.90 Å². The second-order valence-corrected chi connectivity index (χ2v) is 6.26. The number of hydrogen-bond acceptors (Lipinski definition) is 4. The van der Waals surface area contributed by atoms with Gasteiger partial charge in [-0.25, -0.2) is 4.79 Å². The minimum atomic E-state index is -0.519. The van der Waals surface area contributed by atoms with E-state index in [4.69, 9.17) is 9.94 Å². The van der Waals surface area contributed by atoms with E-state index in [1.807, 2.05) is 39.0 Å². The molecule has 0 bridgehead atoms. The van der Waals surface area contributed by atoms with Gasteiger partial charge in [0, 0.05) is 12.1 Å². The highest BCUT2D eigenvalue weighted by Crippen LogP contribution is 2.30. The highest BCUT2D eigenvalue weighted by atomic mass is 16.6. The van der Waals surface area contributed by atoms with Crippen LogP contribution in [0, 0.1) is 0 Å². The van der Waals surface area contributed by atoms with Crippen molar-refractivity contribution in [2.75, 3.05) is 11.4 Å². The van der Waals surface area contributed by atoms with Crippen LogP contribution in [0.5, 0.6) is 0 Å². The molecule has 0 unspecified atom stereocenters. The maximum atomic E-state index is 12.4. The quantitative estimate of drug-likeness (QED) is 0.488. The Bertz CT molecular complexity index is 573. The molecule has 1 aliphatic heterocycles. The van der Waals surface area contributed by atoms with Crippen LogP contribution in [0.25, 0.3) is 0 Å². The highest BCUT2D eigenvalue weighted by molar-refractivity contribution is 6.00. The van der Waals surface area contributed by atoms with Crippen LogP contribution in [0.3, 0.4) is 0 Å². The molecular formula is C16H22N2O3. The third-order valence-corrected chi connectivity index (χ3v) is 3.39. The molecule has 1 amide bonds. The van der Waals surface area contributed by atoms with Crippen molar-refractivity contribution < 1.29 is 14.7 Å². The summed E-state index contributed by atoms with van der Waals surface area (Å²) in [4.78, 5) is 14.0. The number of carbonyl (C=O) groups excluding carboxylic acids is 1. The van der Waals surface area contributed by atoms with Gasteiger partial charge >= 0.3 is 6.09 Å². The van der Waals surface area contributed by atoms with Crippen LogP contribution < -0.4 is 4.90 Å². The van der Waals surface area contributed by atoms with E-state index in [1.54, 1.807) is 11.8 Å². The number of ether oxygens (including phenoxy) is 1. The van der Waals surface area contributed by atoms with E-state index in [2.05, 4.69) is 5.16 Å². The van der Waals surface area contributed by atoms with E-state index >= 15 is 0 Å². The molecule has 5 heteroatoms. The Morgan fingerprint density at radius 3 is 2.71 bits per heavy atom. The van der Waals surface area contributed by atoms with E-state index in [9.17, 15) is 4.79 Å². The van der Waals surface area contributed by atoms with Crippen molar-refractivity contribution in [1.29, 1.82) is 0 Å². The van der Waals surface area contributed by atoms with E-state index < -0.39 is 5.60 Å². The second-order valence-electron chi connectivity index (χ2n) is 6.26. The van der Waals surface area contributed by atoms with Gasteiger partial charge < -0.3 is 9.94 Å². The number of benzene rings is 1. The first kappa shape index (κ1) is 15.4. The van der Waals surface area contributed by atoms with Gasteiger partial charge in [-0.15, -0.1) is 0 Å². The van der Waals surface area contributed by atoms with Crippen molar-refractivity contribution in [3.8, 4) is 0 Å². The summed E-state index contributed by atoms with van der Waals surface area (Å²) in [7, 11) is 0. The zero-order valence-electron chi connectivity index (χ0n) is 13.0. The highest BCUT2D eigenvalue weighted by Gasteiger charge is 2.27. The molecule has 1 aromatic carbocycles. The van der Waals surface area contributed by atoms with Gasteiger partial charge in [0.25, 0.3) is 0 Å². The number of hydrogen-bond donors (Lipinski definition) is 1. The van der Waals surface area contributed by atoms with Gasteiger partial charge in [-0.05, 0) is 52.2 Å². The van der Waals surface area contributed by atoms with E-state index in [0.717, 1.165) is 29.7 Å². The lowest BCUT2D eigenvalue weighted by atomic mass is 9.98. The first-order chi connectivity index (χ1) is 9.81. The van der Waals surface area contributed by atoms with Crippen molar-refractivity contribution in [3.05, 3.63) is 29.3 Å². The molecule has 1 heterocycles. The largest absolute Gasteiger partial charge is 0.443 e. The Morgan fingerprint density at radius 1 is 1.38 bits per heavy atom. The summed E-state index contributed by atoms with van der Waals surface area (Å²) in [6.45, 7) is 7.93. The lowest BCUT2D eigenvalue weighted by molar-refractivity contribution is 0.0578. The van der Waals surface area contributed by atoms with Crippen LogP contribution in [0.2, 0.25) is 0 Å². The van der Waals surface area contributed by atoms with Crippen LogP contribution in [-0.4, -0.2) is 29.2 Å². The molecule has 0 aliphatic carbocycles. The average molecular weight is 290 g/mol. The SMILES string of the molecule is C/C(=N\O)c1ccc2c(c1)N(C(=O)OC(C)(C)C)CCC2. The van der Waals surface area contributed by atoms with Crippen molar-refractivity contribution in [3.63, 3.8) is 0 Å². The molecule has 0 fully saturated rings. The summed E-state index contributed by atoms with van der Waals surface area (Å²) >= 11 is 0. The fourth-order valence-electron chi connectivity index (χ4n) is 2.36. The number of oxime groups is 1. The molecule has 2 rings (SSSR count). The first-order valence-corrected chi connectivity index (χ1v) is 7.14. The number of anilines is 1. The zero-order valence-corrected chi connectivity index (χ0v) is 13.0. The third kappa shape index (κ3) is 3.54. The predicted octanol–water partition coefficient (Wildman–Crippen LogP) is 3.57. The molecule has 114 valence electrons. The monoisotopic (exact) mass is 290 g/mol. The molecule has 0 spiro atoms. The fourth-order valence-corrected chi connectivity index (χ4v) is 2.36. The molecule has 0 radical (unpaired) electrons. The maximum absolute atomic E-state index is 12.4. The summed E-state index contributed by atoms with van der Waals surface area (Å²) in [6, 6.07) is 5.77. The predicted molar refractivity (Wildman–Crippen MR) is 82.3 cm³/mol. The molecule has 5 nitrogen and oxygen atoms in total. The molecular weight excluding hydrogens is 268 g/mol. The Morgan fingerprint density at radius 2 is 2.10 bits per heavy atom. The summed E-state index contributed by atoms with van der Waals surface area (Å²) in [5, 5.41) is 12.1. The Hall–Kier alpha value is -2.04. The number of amides is 1. The Kier molecular flexibility index (Phi) is 4.21. The molecule has 1 N–H and O–H groups in total.